The van der Waals surface area contributed by atoms with E-state index in [9.17, 15) is 88.9 Å². The van der Waals surface area contributed by atoms with Crippen LogP contribution in [-0.2, 0) is 79.3 Å². The SMILES string of the molecule is CC(C)[P+](=O)O.COC[C@@H]1C[C@@H](OP(=O)(O)OC[C@@H]2C[C@@H](OP(=O)(O)OC[C@@H]3C[C@@H](O)CN3C(=O)CCCO[C@@H]3OC(CO)[C@H](O)[C@H](O)C3C)CN2C(=O)CCCO[C@@H]2OC(CO)[C@H](O)[C@H](O)C2C)CN1C(=O)CCCO[C@@H]1OC(CO)[C@H](O)[C@H](O)C1C. The van der Waals surface area contributed by atoms with Gasteiger partial charge in [0.2, 0.25) is 17.7 Å². The summed E-state index contributed by atoms with van der Waals surface area (Å²) in [7, 11) is -10.5. The van der Waals surface area contributed by atoms with Gasteiger partial charge in [0.05, 0.1) is 114 Å². The average Bonchev–Trinajstić information content (AvgIpc) is 3.08. The Labute approximate surface area is 512 Å². The van der Waals surface area contributed by atoms with Crippen molar-refractivity contribution < 1.29 is 145 Å². The first-order valence-corrected chi connectivity index (χ1v) is 34.0. The van der Waals surface area contributed by atoms with Gasteiger partial charge in [-0.2, -0.15) is 4.89 Å². The van der Waals surface area contributed by atoms with Crippen LogP contribution in [0.15, 0.2) is 0 Å². The van der Waals surface area contributed by atoms with Crippen molar-refractivity contribution in [2.75, 3.05) is 86.2 Å². The first kappa shape index (κ1) is 76.7. The van der Waals surface area contributed by atoms with Crippen molar-refractivity contribution in [2.24, 2.45) is 17.8 Å². The van der Waals surface area contributed by atoms with E-state index >= 15 is 0 Å². The molecule has 6 aliphatic rings. The molecule has 13 N–H and O–H groups in total. The fraction of sp³-hybridized carbons (Fsp3) is 0.942. The number of phosphoric acid groups is 2. The zero-order valence-corrected chi connectivity index (χ0v) is 53.2. The van der Waals surface area contributed by atoms with Crippen molar-refractivity contribution in [1.82, 2.24) is 14.7 Å². The van der Waals surface area contributed by atoms with Gasteiger partial charge in [-0.25, -0.2) is 9.13 Å². The van der Waals surface area contributed by atoms with Gasteiger partial charge >= 0.3 is 23.7 Å². The summed E-state index contributed by atoms with van der Waals surface area (Å²) in [6, 6.07) is -2.48. The van der Waals surface area contributed by atoms with Crippen LogP contribution in [0.1, 0.15) is 92.4 Å². The van der Waals surface area contributed by atoms with E-state index in [1.165, 1.54) is 21.8 Å². The highest BCUT2D eigenvalue weighted by Gasteiger charge is 2.48. The normalized spacial score (nSPS) is 36.9. The second-order valence-corrected chi connectivity index (χ2v) is 27.9. The molecule has 6 aliphatic heterocycles. The van der Waals surface area contributed by atoms with E-state index in [4.69, 9.17) is 56.1 Å². The van der Waals surface area contributed by atoms with E-state index in [1.54, 1.807) is 34.6 Å². The lowest BCUT2D eigenvalue weighted by molar-refractivity contribution is -0.282. The van der Waals surface area contributed by atoms with Gasteiger partial charge in [0.1, 0.15) is 36.6 Å². The quantitative estimate of drug-likeness (QED) is 0.0253. The maximum absolute atomic E-state index is 13.9. The Bertz CT molecular complexity index is 2270. The van der Waals surface area contributed by atoms with Gasteiger partial charge in [-0.1, -0.05) is 20.8 Å². The molecule has 0 spiro atoms. The van der Waals surface area contributed by atoms with Gasteiger partial charge in [0.15, 0.2) is 24.5 Å². The molecule has 33 nitrogen and oxygen atoms in total. The van der Waals surface area contributed by atoms with E-state index in [1.807, 2.05) is 0 Å². The molecule has 0 radical (unpaired) electrons. The van der Waals surface area contributed by atoms with E-state index in [0.717, 1.165) is 0 Å². The molecule has 6 saturated heterocycles. The van der Waals surface area contributed by atoms with Crippen molar-refractivity contribution >= 4 is 41.4 Å². The fourth-order valence-electron chi connectivity index (χ4n) is 11.1. The lowest BCUT2D eigenvalue weighted by Gasteiger charge is -2.40. The van der Waals surface area contributed by atoms with Crippen molar-refractivity contribution in [2.45, 2.75) is 208 Å². The summed E-state index contributed by atoms with van der Waals surface area (Å²) < 4.78 is 98.2. The highest BCUT2D eigenvalue weighted by Crippen LogP contribution is 2.50. The van der Waals surface area contributed by atoms with Crippen molar-refractivity contribution in [3.63, 3.8) is 0 Å². The first-order valence-electron chi connectivity index (χ1n) is 29.7. The topological polar surface area (TPSA) is 477 Å². The third kappa shape index (κ3) is 22.1. The van der Waals surface area contributed by atoms with Crippen molar-refractivity contribution in [3.8, 4) is 0 Å². The number of aliphatic hydroxyl groups excluding tert-OH is 10. The molecule has 6 heterocycles. The Morgan fingerprint density at radius 2 is 0.841 bits per heavy atom. The lowest BCUT2D eigenvalue weighted by Crippen LogP contribution is -2.55. The third-order valence-electron chi connectivity index (χ3n) is 16.3. The monoisotopic (exact) mass is 1330 g/mol. The zero-order chi connectivity index (χ0) is 65.4. The average molecular weight is 1340 g/mol. The number of β-amino-alcohol motifs (C(OH)–C–C–N with tert-alkyl or cyclic N) is 1. The van der Waals surface area contributed by atoms with Crippen LogP contribution >= 0.6 is 23.7 Å². The number of nitrogens with zero attached hydrogens (tertiary/aromatic N) is 3. The number of hydrogen-bond acceptors (Lipinski definition) is 27. The van der Waals surface area contributed by atoms with Crippen LogP contribution in [0.5, 0.6) is 0 Å². The number of aliphatic hydroxyl groups is 10. The Morgan fingerprint density at radius 3 is 1.15 bits per heavy atom. The van der Waals surface area contributed by atoms with Gasteiger partial charge in [0, 0.05) is 63.8 Å². The molecular weight excluding hydrogens is 1240 g/mol. The predicted octanol–water partition coefficient (Wildman–Crippen LogP) is -2.45. The minimum atomic E-state index is -5.00. The molecule has 0 bridgehead atoms. The lowest BCUT2D eigenvalue weighted by atomic mass is 9.92. The van der Waals surface area contributed by atoms with Crippen LogP contribution in [0.3, 0.4) is 0 Å². The highest BCUT2D eigenvalue weighted by molar-refractivity contribution is 7.47. The smallest absolute Gasteiger partial charge is 0.394 e. The molecule has 24 atom stereocenters. The number of ether oxygens (including phenoxy) is 7. The summed E-state index contributed by atoms with van der Waals surface area (Å²) in [6.45, 7) is 4.73. The van der Waals surface area contributed by atoms with Gasteiger partial charge in [-0.15, -0.1) is 0 Å². The molecule has 0 aliphatic carbocycles. The fourth-order valence-corrected chi connectivity index (χ4v) is 13.0. The summed E-state index contributed by atoms with van der Waals surface area (Å²) in [5.41, 5.74) is -0.0833. The van der Waals surface area contributed by atoms with Crippen molar-refractivity contribution in [1.29, 1.82) is 0 Å². The van der Waals surface area contributed by atoms with E-state index < -0.39 is 197 Å². The summed E-state index contributed by atoms with van der Waals surface area (Å²) in [4.78, 5) is 74.9. The number of carbonyl (C=O) groups is 3. The van der Waals surface area contributed by atoms with Crippen LogP contribution in [0.25, 0.3) is 0 Å². The molecule has 0 aromatic carbocycles. The molecule has 9 unspecified atom stereocenters. The van der Waals surface area contributed by atoms with Crippen LogP contribution in [0.4, 0.5) is 0 Å². The Kier molecular flexibility index (Phi) is 31.4. The highest BCUT2D eigenvalue weighted by atomic mass is 31.2. The van der Waals surface area contributed by atoms with E-state index in [2.05, 4.69) is 0 Å². The number of methoxy groups -OCH3 is 1. The molecule has 0 saturated carbocycles. The molecule has 6 fully saturated rings. The third-order valence-corrected chi connectivity index (χ3v) is 19.3. The number of hydrogen-bond donors (Lipinski definition) is 13. The molecule has 512 valence electrons. The second kappa shape index (κ2) is 36.0. The summed E-state index contributed by atoms with van der Waals surface area (Å²) in [5, 5.41) is 101. The van der Waals surface area contributed by atoms with Crippen LogP contribution in [0.2, 0.25) is 0 Å². The molecule has 88 heavy (non-hydrogen) atoms. The van der Waals surface area contributed by atoms with Crippen molar-refractivity contribution in [3.05, 3.63) is 0 Å². The van der Waals surface area contributed by atoms with Gasteiger partial charge in [-0.3, -0.25) is 32.5 Å². The first-order chi connectivity index (χ1) is 41.5. The standard InChI is InChI=1S/C49H87N3O28P2.C3H7O2P/c1-26-41(60)44(63)35(20-53)76-47(26)71-11-5-8-38(57)50-17-32(56)14-29(50)24-74-81(66,67)80-34-16-31(52(19-34)40(59)10-7-13-73-49-28(3)43(62)46(65)37(22-55)78-49)25-75-82(68,69)79-33-15-30(23-70-4)51(18-33)39(58)9-6-12-72-48-27(2)42(61)45(64)36(21-54)77-48;1-3(2)6(4)5/h26-37,41-49,53-56,60-65H,5-25H2,1-4H3,(H,66,67)(H,68,69);3H,1-2H3/p+1/t26?,27?,28?,29-,30-,31-,32+,33+,34+,35?,36?,37?,41+,42+,43+,44-,45-,46-,47+,48+,49+;/m0./s1. The maximum Gasteiger partial charge on any atom is 0.508 e. The van der Waals surface area contributed by atoms with Crippen LogP contribution in [0, 0.1) is 17.8 Å². The largest absolute Gasteiger partial charge is 0.508 e. The summed E-state index contributed by atoms with van der Waals surface area (Å²) in [6.07, 6.45) is -17.1. The Morgan fingerprint density at radius 1 is 0.534 bits per heavy atom. The Hall–Kier alpha value is -1.99. The Balaban J connectivity index is 0.00000223. The molecule has 6 rings (SSSR count). The van der Waals surface area contributed by atoms with Crippen LogP contribution < -0.4 is 0 Å². The molecule has 0 aromatic rings. The summed E-state index contributed by atoms with van der Waals surface area (Å²) in [5.74, 6) is -3.33. The van der Waals surface area contributed by atoms with Gasteiger partial charge < -0.3 is 109 Å². The molecule has 3 amide bonds. The number of likely N-dealkylation sites (tertiary alicyclic amines) is 3. The molecule has 0 aromatic heterocycles. The maximum atomic E-state index is 13.9. The van der Waals surface area contributed by atoms with E-state index in [-0.39, 0.29) is 115 Å². The van der Waals surface area contributed by atoms with E-state index in [0.29, 0.717) is 0 Å². The number of carbonyl (C=O) groups excluding carboxylic acids is 3. The predicted molar refractivity (Wildman–Crippen MR) is 301 cm³/mol. The number of phosphoric ester groups is 2. The number of amides is 3. The molecular formula is C52H95N3O30P3+. The summed E-state index contributed by atoms with van der Waals surface area (Å²) >= 11 is 0. The minimum Gasteiger partial charge on any atom is -0.394 e. The van der Waals surface area contributed by atoms with Gasteiger partial charge in [-0.05, 0) is 56.9 Å². The molecule has 36 heteroatoms. The van der Waals surface area contributed by atoms with Crippen LogP contribution in [-0.4, -0.2) is 300 Å². The van der Waals surface area contributed by atoms with Gasteiger partial charge in [0.25, 0.3) is 0 Å². The minimum absolute atomic E-state index is 0.00525. The second-order valence-electron chi connectivity index (χ2n) is 23.4. The number of rotatable bonds is 31. The zero-order valence-electron chi connectivity index (χ0n) is 50.5.